The molecule has 7 nitrogen and oxygen atoms in total. The molecule has 1 heterocycles. The molecular formula is C7H13N3O4. The first-order valence-electron chi connectivity index (χ1n) is 4.00. The Morgan fingerprint density at radius 2 is 1.79 bits per heavy atom. The number of carbonyl (C=O) groups excluding carboxylic acids is 2. The van der Waals surface area contributed by atoms with Gasteiger partial charge >= 0.3 is 17.8 Å². The van der Waals surface area contributed by atoms with Crippen LogP contribution in [0.25, 0.3) is 0 Å². The van der Waals surface area contributed by atoms with Crippen LogP contribution in [0.15, 0.2) is 0 Å². The maximum atomic E-state index is 10.3. The van der Waals surface area contributed by atoms with Crippen molar-refractivity contribution in [2.24, 2.45) is 0 Å². The Bertz CT molecular complexity index is 213. The second-order valence-corrected chi connectivity index (χ2v) is 2.44. The van der Waals surface area contributed by atoms with Gasteiger partial charge in [-0.05, 0) is 7.05 Å². The van der Waals surface area contributed by atoms with E-state index in [9.17, 15) is 14.4 Å². The lowest BCUT2D eigenvalue weighted by atomic mass is 10.4. The maximum absolute atomic E-state index is 10.3. The highest BCUT2D eigenvalue weighted by molar-refractivity contribution is 6.35. The van der Waals surface area contributed by atoms with Gasteiger partial charge in [0.05, 0.1) is 6.54 Å². The zero-order valence-corrected chi connectivity index (χ0v) is 7.79. The summed E-state index contributed by atoms with van der Waals surface area (Å²) in [5, 5.41) is 15.1. The van der Waals surface area contributed by atoms with Crippen molar-refractivity contribution in [3.05, 3.63) is 0 Å². The minimum atomic E-state index is -0.822. The zero-order valence-electron chi connectivity index (χ0n) is 7.79. The molecule has 0 atom stereocenters. The Hall–Kier alpha value is -1.63. The van der Waals surface area contributed by atoms with Gasteiger partial charge in [-0.15, -0.1) is 0 Å². The summed E-state index contributed by atoms with van der Waals surface area (Å²) in [5.74, 6) is -1.88. The standard InChI is InChI=1S/C4H6N2O2.C3H7NO2/c7-3-4(8)6-2-1-5-3;1-4-2-3(5)6/h1-2H2,(H,5,7)(H,6,8);4H,2H2,1H3,(H,5,6). The normalized spacial score (nSPS) is 14.6. The fourth-order valence-corrected chi connectivity index (χ4v) is 0.664. The third kappa shape index (κ3) is 5.95. The number of aliphatic carboxylic acids is 1. The lowest BCUT2D eigenvalue weighted by molar-refractivity contribution is -0.140. The topological polar surface area (TPSA) is 108 Å². The smallest absolute Gasteiger partial charge is 0.317 e. The van der Waals surface area contributed by atoms with E-state index in [1.54, 1.807) is 7.05 Å². The van der Waals surface area contributed by atoms with Gasteiger partial charge in [-0.25, -0.2) is 0 Å². The predicted molar refractivity (Wildman–Crippen MR) is 47.6 cm³/mol. The van der Waals surface area contributed by atoms with Crippen LogP contribution >= 0.6 is 0 Å². The van der Waals surface area contributed by atoms with Crippen molar-refractivity contribution in [2.45, 2.75) is 0 Å². The van der Waals surface area contributed by atoms with Crippen LogP contribution in [0.4, 0.5) is 0 Å². The molecule has 0 bridgehead atoms. The van der Waals surface area contributed by atoms with E-state index in [2.05, 4.69) is 16.0 Å². The van der Waals surface area contributed by atoms with Gasteiger partial charge in [0.1, 0.15) is 0 Å². The average Bonchev–Trinajstić information content (AvgIpc) is 2.11. The third-order valence-corrected chi connectivity index (χ3v) is 1.23. The van der Waals surface area contributed by atoms with Gasteiger partial charge in [-0.3, -0.25) is 14.4 Å². The number of nitrogens with one attached hydrogen (secondary N) is 3. The lowest BCUT2D eigenvalue weighted by Crippen LogP contribution is -2.49. The van der Waals surface area contributed by atoms with Crippen LogP contribution in [0.5, 0.6) is 0 Å². The first kappa shape index (κ1) is 12.4. The molecule has 0 saturated carbocycles. The maximum Gasteiger partial charge on any atom is 0.317 e. The van der Waals surface area contributed by atoms with Gasteiger partial charge in [-0.2, -0.15) is 0 Å². The minimum Gasteiger partial charge on any atom is -0.480 e. The van der Waals surface area contributed by atoms with Gasteiger partial charge in [0.15, 0.2) is 0 Å². The quantitative estimate of drug-likeness (QED) is 0.372. The van der Waals surface area contributed by atoms with Gasteiger partial charge in [-0.1, -0.05) is 0 Å². The third-order valence-electron chi connectivity index (χ3n) is 1.23. The van der Waals surface area contributed by atoms with Crippen molar-refractivity contribution in [1.29, 1.82) is 0 Å². The number of carbonyl (C=O) groups is 3. The lowest BCUT2D eigenvalue weighted by Gasteiger charge is -2.10. The van der Waals surface area contributed by atoms with Gasteiger partial charge in [0.25, 0.3) is 0 Å². The molecule has 0 aromatic carbocycles. The molecule has 0 radical (unpaired) electrons. The molecule has 80 valence electrons. The van der Waals surface area contributed by atoms with Crippen molar-refractivity contribution in [1.82, 2.24) is 16.0 Å². The Morgan fingerprint density at radius 1 is 1.36 bits per heavy atom. The highest BCUT2D eigenvalue weighted by Crippen LogP contribution is 1.73. The second-order valence-electron chi connectivity index (χ2n) is 2.44. The van der Waals surface area contributed by atoms with Crippen LogP contribution in [0.2, 0.25) is 0 Å². The van der Waals surface area contributed by atoms with Crippen molar-refractivity contribution < 1.29 is 19.5 Å². The van der Waals surface area contributed by atoms with Crippen LogP contribution in [0, 0.1) is 0 Å². The summed E-state index contributed by atoms with van der Waals surface area (Å²) in [6, 6.07) is 0. The van der Waals surface area contributed by atoms with E-state index < -0.39 is 17.8 Å². The van der Waals surface area contributed by atoms with E-state index in [4.69, 9.17) is 5.11 Å². The molecule has 14 heavy (non-hydrogen) atoms. The number of likely N-dealkylation sites (N-methyl/N-ethyl adjacent to an activating group) is 1. The number of rotatable bonds is 2. The Labute approximate surface area is 80.9 Å². The van der Waals surface area contributed by atoms with Gasteiger partial charge in [0.2, 0.25) is 0 Å². The Morgan fingerprint density at radius 3 is 1.93 bits per heavy atom. The molecule has 1 rings (SSSR count). The molecule has 1 saturated heterocycles. The van der Waals surface area contributed by atoms with Crippen LogP contribution in [-0.2, 0) is 14.4 Å². The number of carboxylic acids is 1. The van der Waals surface area contributed by atoms with Crippen molar-refractivity contribution in [3.8, 4) is 0 Å². The summed E-state index contributed by atoms with van der Waals surface area (Å²) in [5.41, 5.74) is 0. The molecule has 0 spiro atoms. The van der Waals surface area contributed by atoms with Crippen molar-refractivity contribution in [3.63, 3.8) is 0 Å². The summed E-state index contributed by atoms with van der Waals surface area (Å²) in [6.07, 6.45) is 0. The highest BCUT2D eigenvalue weighted by Gasteiger charge is 2.15. The largest absolute Gasteiger partial charge is 0.480 e. The number of amides is 2. The summed E-state index contributed by atoms with van der Waals surface area (Å²) in [4.78, 5) is 30.1. The minimum absolute atomic E-state index is 0.0417. The van der Waals surface area contributed by atoms with Crippen LogP contribution in [0.3, 0.4) is 0 Å². The molecule has 2 amide bonds. The number of hydrogen-bond acceptors (Lipinski definition) is 4. The van der Waals surface area contributed by atoms with Crippen molar-refractivity contribution >= 4 is 17.8 Å². The van der Waals surface area contributed by atoms with Crippen LogP contribution < -0.4 is 16.0 Å². The summed E-state index contributed by atoms with van der Waals surface area (Å²) in [7, 11) is 1.59. The zero-order chi connectivity index (χ0) is 11.0. The fourth-order valence-electron chi connectivity index (χ4n) is 0.664. The summed E-state index contributed by atoms with van der Waals surface area (Å²) >= 11 is 0. The van der Waals surface area contributed by atoms with Crippen LogP contribution in [0.1, 0.15) is 0 Å². The molecule has 1 fully saturated rings. The van der Waals surface area contributed by atoms with E-state index >= 15 is 0 Å². The van der Waals surface area contributed by atoms with Gasteiger partial charge in [0, 0.05) is 13.1 Å². The average molecular weight is 203 g/mol. The predicted octanol–water partition coefficient (Wildman–Crippen LogP) is -2.48. The van der Waals surface area contributed by atoms with Crippen LogP contribution in [-0.4, -0.2) is 49.6 Å². The molecule has 7 heteroatoms. The first-order chi connectivity index (χ1) is 6.57. The molecule has 0 aromatic heterocycles. The molecule has 1 aliphatic heterocycles. The summed E-state index contributed by atoms with van der Waals surface area (Å²) in [6.45, 7) is 1.13. The fraction of sp³-hybridized carbons (Fsp3) is 0.571. The number of carboxylic acid groups (broad SMARTS) is 1. The first-order valence-corrected chi connectivity index (χ1v) is 4.00. The molecule has 0 unspecified atom stereocenters. The van der Waals surface area contributed by atoms with Crippen molar-refractivity contribution in [2.75, 3.05) is 26.7 Å². The molecule has 0 aromatic rings. The van der Waals surface area contributed by atoms with E-state index in [0.717, 1.165) is 0 Å². The van der Waals surface area contributed by atoms with E-state index in [-0.39, 0.29) is 6.54 Å². The molecule has 1 aliphatic rings. The van der Waals surface area contributed by atoms with Gasteiger partial charge < -0.3 is 21.1 Å². The Kier molecular flexibility index (Phi) is 6.04. The summed E-state index contributed by atoms with van der Waals surface area (Å²) < 4.78 is 0. The molecule has 4 N–H and O–H groups in total. The van der Waals surface area contributed by atoms with E-state index in [0.29, 0.717) is 13.1 Å². The molecular weight excluding hydrogens is 190 g/mol. The van der Waals surface area contributed by atoms with E-state index in [1.165, 1.54) is 0 Å². The number of hydrogen-bond donors (Lipinski definition) is 4. The Balaban J connectivity index is 0.000000255. The number of piperazine rings is 1. The monoisotopic (exact) mass is 203 g/mol. The SMILES string of the molecule is CNCC(=O)O.O=C1NCCNC1=O. The molecule has 0 aliphatic carbocycles. The second kappa shape index (κ2) is 6.84. The highest BCUT2D eigenvalue weighted by atomic mass is 16.4. The van der Waals surface area contributed by atoms with E-state index in [1.807, 2.05) is 0 Å².